The highest BCUT2D eigenvalue weighted by atomic mass is 16.5. The molecule has 0 heterocycles. The highest BCUT2D eigenvalue weighted by Gasteiger charge is 2.56. The molecule has 0 aromatic heterocycles. The van der Waals surface area contributed by atoms with Gasteiger partial charge < -0.3 is 4.74 Å². The average Bonchev–Trinajstić information content (AvgIpc) is 3.05. The Morgan fingerprint density at radius 2 is 1.76 bits per heavy atom. The summed E-state index contributed by atoms with van der Waals surface area (Å²) < 4.78 is 4.70. The van der Waals surface area contributed by atoms with Crippen LogP contribution >= 0.6 is 0 Å². The van der Waals surface area contributed by atoms with E-state index in [0.717, 1.165) is 16.7 Å². The molecule has 3 nitrogen and oxygen atoms in total. The van der Waals surface area contributed by atoms with Crippen molar-refractivity contribution >= 4 is 17.3 Å². The number of Topliss-reactive ketones (excluding diaryl/α,β-unsaturated/α-hetero) is 1. The number of hydrogen-bond acceptors (Lipinski definition) is 3. The molecule has 0 bridgehead atoms. The van der Waals surface area contributed by atoms with Crippen LogP contribution in [0, 0.1) is 12.3 Å². The fourth-order valence-corrected chi connectivity index (χ4v) is 1.99. The zero-order valence-corrected chi connectivity index (χ0v) is 10.1. The Kier molecular flexibility index (Phi) is 2.62. The number of carbonyl (C=O) groups excluding carboxylic acids is 2. The van der Waals surface area contributed by atoms with Gasteiger partial charge in [0.2, 0.25) is 0 Å². The van der Waals surface area contributed by atoms with Gasteiger partial charge in [0.1, 0.15) is 0 Å². The molecule has 0 N–H and O–H groups in total. The number of methoxy groups -OCH3 is 1. The Balaban J connectivity index is 2.32. The molecule has 88 valence electrons. The number of hydrogen-bond donors (Lipinski definition) is 0. The Labute approximate surface area is 100 Å². The summed E-state index contributed by atoms with van der Waals surface area (Å²) >= 11 is 0. The average molecular weight is 230 g/mol. The van der Waals surface area contributed by atoms with Crippen molar-refractivity contribution in [3.05, 3.63) is 41.5 Å². The van der Waals surface area contributed by atoms with Crippen LogP contribution in [0.4, 0.5) is 0 Å². The molecule has 0 fully saturated rings. The molecule has 2 rings (SSSR count). The van der Waals surface area contributed by atoms with E-state index in [4.69, 9.17) is 4.74 Å². The van der Waals surface area contributed by atoms with Gasteiger partial charge in [-0.2, -0.15) is 0 Å². The van der Waals surface area contributed by atoms with E-state index in [1.807, 2.05) is 31.2 Å². The quantitative estimate of drug-likeness (QED) is 0.590. The van der Waals surface area contributed by atoms with Gasteiger partial charge in [0.25, 0.3) is 0 Å². The van der Waals surface area contributed by atoms with Gasteiger partial charge >= 0.3 is 5.97 Å². The van der Waals surface area contributed by atoms with Crippen molar-refractivity contribution in [3.63, 3.8) is 0 Å². The normalized spacial score (nSPS) is 21.7. The van der Waals surface area contributed by atoms with E-state index in [1.165, 1.54) is 14.0 Å². The van der Waals surface area contributed by atoms with Crippen LogP contribution in [-0.2, 0) is 14.3 Å². The van der Waals surface area contributed by atoms with Crippen LogP contribution in [0.15, 0.2) is 30.3 Å². The number of ether oxygens (including phenoxy) is 1. The lowest BCUT2D eigenvalue weighted by molar-refractivity contribution is -0.148. The third kappa shape index (κ3) is 1.68. The molecule has 0 radical (unpaired) electrons. The minimum absolute atomic E-state index is 0.195. The summed E-state index contributed by atoms with van der Waals surface area (Å²) in [5.41, 5.74) is 1.65. The summed E-state index contributed by atoms with van der Waals surface area (Å²) in [5.74, 6) is -0.694. The van der Waals surface area contributed by atoms with Gasteiger partial charge in [-0.05, 0) is 31.1 Å². The van der Waals surface area contributed by atoms with E-state index in [-0.39, 0.29) is 5.78 Å². The van der Waals surface area contributed by atoms with Gasteiger partial charge in [-0.25, -0.2) is 0 Å². The third-order valence-electron chi connectivity index (χ3n) is 3.13. The zero-order chi connectivity index (χ0) is 12.6. The van der Waals surface area contributed by atoms with Crippen molar-refractivity contribution < 1.29 is 14.3 Å². The molecule has 0 saturated carbocycles. The van der Waals surface area contributed by atoms with Crippen LogP contribution in [0.3, 0.4) is 0 Å². The topological polar surface area (TPSA) is 43.4 Å². The number of esters is 1. The molecule has 0 aliphatic heterocycles. The van der Waals surface area contributed by atoms with Crippen LogP contribution in [0.2, 0.25) is 0 Å². The fourth-order valence-electron chi connectivity index (χ4n) is 1.99. The SMILES string of the molecule is COC(=O)C1(C(C)=O)C=C1c1ccc(C)cc1. The minimum atomic E-state index is -1.13. The Morgan fingerprint density at radius 1 is 1.18 bits per heavy atom. The van der Waals surface area contributed by atoms with Crippen LogP contribution in [0.5, 0.6) is 0 Å². The molecule has 3 heteroatoms. The summed E-state index contributed by atoms with van der Waals surface area (Å²) in [6, 6.07) is 7.73. The lowest BCUT2D eigenvalue weighted by atomic mass is 9.92. The van der Waals surface area contributed by atoms with Gasteiger partial charge in [0.05, 0.1) is 7.11 Å². The van der Waals surface area contributed by atoms with Crippen LogP contribution in [0.1, 0.15) is 18.1 Å². The van der Waals surface area contributed by atoms with Crippen LogP contribution < -0.4 is 0 Å². The monoisotopic (exact) mass is 230 g/mol. The Hall–Kier alpha value is -1.90. The second kappa shape index (κ2) is 3.84. The summed E-state index contributed by atoms with van der Waals surface area (Å²) in [7, 11) is 1.30. The van der Waals surface area contributed by atoms with Gasteiger partial charge in [-0.3, -0.25) is 9.59 Å². The molecule has 1 aromatic rings. The maximum Gasteiger partial charge on any atom is 0.327 e. The van der Waals surface area contributed by atoms with Crippen molar-refractivity contribution in [1.82, 2.24) is 0 Å². The first-order chi connectivity index (χ1) is 8.02. The molecule has 1 atom stereocenters. The number of carbonyl (C=O) groups is 2. The zero-order valence-electron chi connectivity index (χ0n) is 10.1. The Bertz CT molecular complexity index is 511. The molecule has 1 aliphatic carbocycles. The maximum absolute atomic E-state index is 11.7. The molecule has 0 saturated heterocycles. The standard InChI is InChI=1S/C14H14O3/c1-9-4-6-11(7-5-9)12-8-14(12,10(2)15)13(16)17-3/h4-8H,1-3H3. The molecule has 1 aliphatic rings. The smallest absolute Gasteiger partial charge is 0.327 e. The highest BCUT2D eigenvalue weighted by Crippen LogP contribution is 2.52. The van der Waals surface area contributed by atoms with Gasteiger partial charge in [-0.1, -0.05) is 29.8 Å². The summed E-state index contributed by atoms with van der Waals surface area (Å²) in [6.07, 6.45) is 1.67. The van der Waals surface area contributed by atoms with Crippen molar-refractivity contribution in [2.45, 2.75) is 13.8 Å². The molecular weight excluding hydrogens is 216 g/mol. The van der Waals surface area contributed by atoms with Crippen molar-refractivity contribution in [3.8, 4) is 0 Å². The lowest BCUT2D eigenvalue weighted by Crippen LogP contribution is -2.28. The van der Waals surface area contributed by atoms with E-state index in [0.29, 0.717) is 0 Å². The number of aryl methyl sites for hydroxylation is 1. The van der Waals surface area contributed by atoms with Gasteiger partial charge in [0.15, 0.2) is 11.2 Å². The molecule has 0 amide bonds. The summed E-state index contributed by atoms with van der Waals surface area (Å²) in [5, 5.41) is 0. The van der Waals surface area contributed by atoms with E-state index in [9.17, 15) is 9.59 Å². The number of rotatable bonds is 3. The van der Waals surface area contributed by atoms with Crippen molar-refractivity contribution in [1.29, 1.82) is 0 Å². The highest BCUT2D eigenvalue weighted by molar-refractivity contribution is 6.24. The first-order valence-corrected chi connectivity index (χ1v) is 5.42. The summed E-state index contributed by atoms with van der Waals surface area (Å²) in [4.78, 5) is 23.3. The molecule has 1 unspecified atom stereocenters. The Morgan fingerprint density at radius 3 is 2.24 bits per heavy atom. The van der Waals surface area contributed by atoms with Gasteiger partial charge in [0, 0.05) is 0 Å². The second-order valence-corrected chi connectivity index (χ2v) is 4.28. The molecule has 0 spiro atoms. The number of ketones is 1. The molecule has 17 heavy (non-hydrogen) atoms. The largest absolute Gasteiger partial charge is 0.468 e. The lowest BCUT2D eigenvalue weighted by Gasteiger charge is -2.12. The molecule has 1 aromatic carbocycles. The van der Waals surface area contributed by atoms with E-state index >= 15 is 0 Å². The van der Waals surface area contributed by atoms with Crippen molar-refractivity contribution in [2.24, 2.45) is 5.41 Å². The first-order valence-electron chi connectivity index (χ1n) is 5.42. The maximum atomic E-state index is 11.7. The second-order valence-electron chi connectivity index (χ2n) is 4.28. The summed E-state index contributed by atoms with van der Waals surface area (Å²) in [6.45, 7) is 3.40. The minimum Gasteiger partial charge on any atom is -0.468 e. The third-order valence-corrected chi connectivity index (χ3v) is 3.13. The van der Waals surface area contributed by atoms with Crippen LogP contribution in [-0.4, -0.2) is 18.9 Å². The predicted octanol–water partition coefficient (Wildman–Crippen LogP) is 2.14. The van der Waals surface area contributed by atoms with E-state index in [1.54, 1.807) is 6.08 Å². The fraction of sp³-hybridized carbons (Fsp3) is 0.286. The predicted molar refractivity (Wildman–Crippen MR) is 64.3 cm³/mol. The van der Waals surface area contributed by atoms with Crippen LogP contribution in [0.25, 0.3) is 5.57 Å². The van der Waals surface area contributed by atoms with Gasteiger partial charge in [-0.15, -0.1) is 0 Å². The van der Waals surface area contributed by atoms with E-state index < -0.39 is 11.4 Å². The number of benzene rings is 1. The van der Waals surface area contributed by atoms with Crippen molar-refractivity contribution in [2.75, 3.05) is 7.11 Å². The first kappa shape index (κ1) is 11.6. The van der Waals surface area contributed by atoms with E-state index in [2.05, 4.69) is 0 Å². The molecular formula is C14H14O3.